The summed E-state index contributed by atoms with van der Waals surface area (Å²) >= 11 is 0. The smallest absolute Gasteiger partial charge is 0.267 e. The number of nitrogens with zero attached hydrogens (tertiary/aromatic N) is 1. The van der Waals surface area contributed by atoms with E-state index < -0.39 is 6.10 Å². The lowest BCUT2D eigenvalue weighted by molar-refractivity contribution is -0.125. The van der Waals surface area contributed by atoms with Crippen LogP contribution in [0.1, 0.15) is 22.8 Å². The predicted octanol–water partition coefficient (Wildman–Crippen LogP) is 3.03. The van der Waals surface area contributed by atoms with Gasteiger partial charge in [0.25, 0.3) is 5.91 Å². The maximum Gasteiger partial charge on any atom is 0.267 e. The van der Waals surface area contributed by atoms with Crippen LogP contribution in [0.4, 0.5) is 5.69 Å². The van der Waals surface area contributed by atoms with Gasteiger partial charge in [-0.15, -0.1) is 0 Å². The Hall–Kier alpha value is -3.08. The van der Waals surface area contributed by atoms with Crippen LogP contribution in [-0.2, 0) is 4.79 Å². The van der Waals surface area contributed by atoms with Crippen LogP contribution < -0.4 is 9.64 Å². The third kappa shape index (κ3) is 3.01. The Morgan fingerprint density at radius 3 is 2.62 bits per heavy atom. The molecule has 5 nitrogen and oxygen atoms in total. The summed E-state index contributed by atoms with van der Waals surface area (Å²) in [5.41, 5.74) is 1.95. The maximum absolute atomic E-state index is 12.3. The van der Waals surface area contributed by atoms with E-state index in [4.69, 9.17) is 4.74 Å². The molecule has 1 N–H and O–H groups in total. The molecule has 1 heterocycles. The summed E-state index contributed by atoms with van der Waals surface area (Å²) in [4.78, 5) is 25.8. The quantitative estimate of drug-likeness (QED) is 0.696. The molecule has 1 aliphatic rings. The van der Waals surface area contributed by atoms with Crippen molar-refractivity contribution in [3.8, 4) is 11.5 Å². The van der Waals surface area contributed by atoms with Crippen molar-refractivity contribution in [2.45, 2.75) is 13.0 Å². The van der Waals surface area contributed by atoms with E-state index in [0.29, 0.717) is 17.0 Å². The van der Waals surface area contributed by atoms with E-state index >= 15 is 0 Å². The van der Waals surface area contributed by atoms with Crippen molar-refractivity contribution in [2.75, 3.05) is 11.9 Å². The topological polar surface area (TPSA) is 66.8 Å². The number of fused-ring (bicyclic) bond motifs is 1. The van der Waals surface area contributed by atoms with Crippen LogP contribution in [-0.4, -0.2) is 29.9 Å². The third-order valence-corrected chi connectivity index (χ3v) is 3.91. The Labute approximate surface area is 139 Å². The highest BCUT2D eigenvalue weighted by Gasteiger charge is 2.29. The van der Waals surface area contributed by atoms with Gasteiger partial charge in [-0.3, -0.25) is 9.59 Å². The fourth-order valence-corrected chi connectivity index (χ4v) is 2.52. The van der Waals surface area contributed by atoms with E-state index in [-0.39, 0.29) is 17.4 Å². The molecule has 1 atom stereocenters. The molecule has 0 radical (unpaired) electrons. The second-order valence-corrected chi connectivity index (χ2v) is 5.63. The van der Waals surface area contributed by atoms with E-state index in [0.717, 1.165) is 5.56 Å². The Morgan fingerprint density at radius 1 is 1.21 bits per heavy atom. The summed E-state index contributed by atoms with van der Waals surface area (Å²) in [6.45, 7) is 1.68. The summed E-state index contributed by atoms with van der Waals surface area (Å²) < 4.78 is 5.59. The minimum Gasteiger partial charge on any atom is -0.508 e. The number of aromatic hydroxyl groups is 1. The lowest BCUT2D eigenvalue weighted by atomic mass is 10.1. The van der Waals surface area contributed by atoms with E-state index in [1.807, 2.05) is 0 Å². The molecular formula is C19H17NO4. The number of phenols is 1. The van der Waals surface area contributed by atoms with Crippen molar-refractivity contribution in [3.63, 3.8) is 0 Å². The zero-order valence-corrected chi connectivity index (χ0v) is 13.4. The van der Waals surface area contributed by atoms with E-state index in [1.54, 1.807) is 62.5 Å². The Bertz CT molecular complexity index is 824. The van der Waals surface area contributed by atoms with Gasteiger partial charge < -0.3 is 14.7 Å². The number of hydrogen-bond donors (Lipinski definition) is 1. The van der Waals surface area contributed by atoms with Gasteiger partial charge in [0.05, 0.1) is 5.69 Å². The number of ketones is 1. The molecule has 1 aliphatic heterocycles. The number of rotatable bonds is 3. The van der Waals surface area contributed by atoms with Gasteiger partial charge >= 0.3 is 0 Å². The van der Waals surface area contributed by atoms with Crippen LogP contribution in [0.3, 0.4) is 0 Å². The van der Waals surface area contributed by atoms with Gasteiger partial charge in [-0.2, -0.15) is 0 Å². The first-order valence-corrected chi connectivity index (χ1v) is 7.55. The molecule has 122 valence electrons. The van der Waals surface area contributed by atoms with Crippen molar-refractivity contribution in [1.29, 1.82) is 0 Å². The molecule has 24 heavy (non-hydrogen) atoms. The predicted molar refractivity (Wildman–Crippen MR) is 91.4 cm³/mol. The van der Waals surface area contributed by atoms with Crippen molar-refractivity contribution >= 4 is 23.5 Å². The Balaban J connectivity index is 1.83. The fraction of sp³-hybridized carbons (Fsp3) is 0.158. The molecule has 2 aromatic rings. The minimum atomic E-state index is -0.569. The van der Waals surface area contributed by atoms with Gasteiger partial charge in [-0.25, -0.2) is 0 Å². The molecule has 0 spiro atoms. The SMILES string of the molecule is CC1Oc2cc(C(=O)/C=C/c3ccc(O)cc3)ccc2N(C)C1=O. The van der Waals surface area contributed by atoms with Gasteiger partial charge in [0, 0.05) is 12.6 Å². The number of anilines is 1. The zero-order chi connectivity index (χ0) is 17.3. The standard InChI is InChI=1S/C19H17NO4/c1-12-19(23)20(2)16-9-6-14(11-18(16)24-12)17(22)10-5-13-3-7-15(21)8-4-13/h3-12,21H,1-2H3/b10-5+. The number of allylic oxidation sites excluding steroid dienone is 1. The second-order valence-electron chi connectivity index (χ2n) is 5.63. The van der Waals surface area contributed by atoms with Crippen LogP contribution in [0.15, 0.2) is 48.5 Å². The lowest BCUT2D eigenvalue weighted by Gasteiger charge is -2.30. The van der Waals surface area contributed by atoms with E-state index in [1.165, 1.54) is 11.0 Å². The molecule has 0 bridgehead atoms. The zero-order valence-electron chi connectivity index (χ0n) is 13.4. The molecule has 0 aromatic heterocycles. The summed E-state index contributed by atoms with van der Waals surface area (Å²) in [6.07, 6.45) is 2.58. The Kier molecular flexibility index (Phi) is 4.08. The molecule has 3 rings (SSSR count). The largest absolute Gasteiger partial charge is 0.508 e. The van der Waals surface area contributed by atoms with Crippen LogP contribution in [0.25, 0.3) is 6.08 Å². The average molecular weight is 323 g/mol. The molecular weight excluding hydrogens is 306 g/mol. The number of ether oxygens (including phenoxy) is 1. The van der Waals surface area contributed by atoms with E-state index in [2.05, 4.69) is 0 Å². The molecule has 2 aromatic carbocycles. The third-order valence-electron chi connectivity index (χ3n) is 3.91. The summed E-state index contributed by atoms with van der Waals surface area (Å²) in [5, 5.41) is 9.25. The Morgan fingerprint density at radius 2 is 1.92 bits per heavy atom. The highest BCUT2D eigenvalue weighted by atomic mass is 16.5. The first-order chi connectivity index (χ1) is 11.5. The molecule has 0 fully saturated rings. The van der Waals surface area contributed by atoms with Gasteiger partial charge in [0.15, 0.2) is 11.9 Å². The fourth-order valence-electron chi connectivity index (χ4n) is 2.52. The molecule has 0 saturated heterocycles. The highest BCUT2D eigenvalue weighted by molar-refractivity contribution is 6.08. The van der Waals surface area contributed by atoms with Crippen molar-refractivity contribution in [2.24, 2.45) is 0 Å². The minimum absolute atomic E-state index is 0.117. The molecule has 0 aliphatic carbocycles. The maximum atomic E-state index is 12.3. The van der Waals surface area contributed by atoms with Crippen molar-refractivity contribution < 1.29 is 19.4 Å². The number of carbonyl (C=O) groups excluding carboxylic acids is 2. The number of phenolic OH excluding ortho intramolecular Hbond substituents is 1. The van der Waals surface area contributed by atoms with Gasteiger partial charge in [-0.05, 0) is 48.9 Å². The molecule has 0 saturated carbocycles. The average Bonchev–Trinajstić information content (AvgIpc) is 2.58. The number of benzene rings is 2. The van der Waals surface area contributed by atoms with Crippen LogP contribution in [0, 0.1) is 0 Å². The first kappa shape index (κ1) is 15.8. The number of hydrogen-bond acceptors (Lipinski definition) is 4. The monoisotopic (exact) mass is 323 g/mol. The molecule has 1 amide bonds. The van der Waals surface area contributed by atoms with Crippen LogP contribution >= 0.6 is 0 Å². The van der Waals surface area contributed by atoms with Crippen LogP contribution in [0.2, 0.25) is 0 Å². The van der Waals surface area contributed by atoms with Gasteiger partial charge in [0.2, 0.25) is 0 Å². The number of likely N-dealkylation sites (N-methyl/N-ethyl adjacent to an activating group) is 1. The number of carbonyl (C=O) groups is 2. The van der Waals surface area contributed by atoms with Crippen LogP contribution in [0.5, 0.6) is 11.5 Å². The second kappa shape index (κ2) is 6.20. The summed E-state index contributed by atoms with van der Waals surface area (Å²) in [6, 6.07) is 11.6. The first-order valence-electron chi connectivity index (χ1n) is 7.55. The lowest BCUT2D eigenvalue weighted by Crippen LogP contribution is -2.42. The van der Waals surface area contributed by atoms with Crippen molar-refractivity contribution in [3.05, 3.63) is 59.7 Å². The molecule has 5 heteroatoms. The summed E-state index contributed by atoms with van der Waals surface area (Å²) in [7, 11) is 1.69. The van der Waals surface area contributed by atoms with E-state index in [9.17, 15) is 14.7 Å². The highest BCUT2D eigenvalue weighted by Crippen LogP contribution is 2.34. The normalized spacial score (nSPS) is 16.8. The molecule has 1 unspecified atom stereocenters. The van der Waals surface area contributed by atoms with Gasteiger partial charge in [-0.1, -0.05) is 18.2 Å². The number of amides is 1. The van der Waals surface area contributed by atoms with Gasteiger partial charge in [0.1, 0.15) is 11.5 Å². The summed E-state index contributed by atoms with van der Waals surface area (Å²) in [5.74, 6) is 0.419. The van der Waals surface area contributed by atoms with Crippen molar-refractivity contribution in [1.82, 2.24) is 0 Å².